The van der Waals surface area contributed by atoms with Gasteiger partial charge in [-0.3, -0.25) is 4.79 Å². The van der Waals surface area contributed by atoms with Crippen molar-refractivity contribution in [1.29, 1.82) is 0 Å². The summed E-state index contributed by atoms with van der Waals surface area (Å²) >= 11 is 0. The maximum absolute atomic E-state index is 11.1. The Morgan fingerprint density at radius 1 is 1.32 bits per heavy atom. The van der Waals surface area contributed by atoms with Gasteiger partial charge in [-0.15, -0.1) is 0 Å². The van der Waals surface area contributed by atoms with E-state index in [2.05, 4.69) is 32.6 Å². The van der Waals surface area contributed by atoms with Gasteiger partial charge >= 0.3 is 5.97 Å². The minimum atomic E-state index is -0.941. The lowest BCUT2D eigenvalue weighted by Crippen LogP contribution is -2.51. The van der Waals surface area contributed by atoms with Crippen LogP contribution in [-0.2, 0) is 9.53 Å². The average molecular weight is 344 g/mol. The zero-order valence-electron chi connectivity index (χ0n) is 16.5. The van der Waals surface area contributed by atoms with Crippen molar-refractivity contribution in [1.82, 2.24) is 0 Å². The van der Waals surface area contributed by atoms with E-state index in [1.165, 1.54) is 6.92 Å². The molecule has 0 aromatic rings. The molecule has 0 aromatic carbocycles. The fourth-order valence-electron chi connectivity index (χ4n) is 3.15. The topological polar surface area (TPSA) is 46.5 Å². The minimum Gasteiger partial charge on any atom is -0.462 e. The first-order valence-corrected chi connectivity index (χ1v) is 8.99. The van der Waals surface area contributed by atoms with Crippen molar-refractivity contribution in [2.75, 3.05) is 6.61 Å². The van der Waals surface area contributed by atoms with Gasteiger partial charge in [-0.05, 0) is 44.3 Å². The Balaban J connectivity index is 2.77. The lowest BCUT2D eigenvalue weighted by Gasteiger charge is -2.47. The molecule has 0 aliphatic heterocycles. The second-order valence-corrected chi connectivity index (χ2v) is 7.65. The van der Waals surface area contributed by atoms with Gasteiger partial charge in [0.05, 0.1) is 0 Å². The normalized spacial score (nSPS) is 26.9. The molecule has 3 nitrogen and oxygen atoms in total. The first kappa shape index (κ1) is 21.3. The molecule has 0 bridgehead atoms. The Morgan fingerprint density at radius 3 is 2.60 bits per heavy atom. The van der Waals surface area contributed by atoms with Crippen molar-refractivity contribution < 1.29 is 14.6 Å². The van der Waals surface area contributed by atoms with Crippen LogP contribution < -0.4 is 0 Å². The van der Waals surface area contributed by atoms with E-state index in [0.29, 0.717) is 0 Å². The summed E-state index contributed by atoms with van der Waals surface area (Å²) in [6.45, 7) is 11.9. The highest BCUT2D eigenvalue weighted by molar-refractivity contribution is 5.66. The summed E-state index contributed by atoms with van der Waals surface area (Å²) in [7, 11) is 0. The lowest BCUT2D eigenvalue weighted by atomic mass is 9.61. The van der Waals surface area contributed by atoms with E-state index >= 15 is 0 Å². The van der Waals surface area contributed by atoms with Gasteiger partial charge in [-0.2, -0.15) is 0 Å². The third kappa shape index (κ3) is 6.21. The number of hydrogen-bond donors (Lipinski definition) is 1. The van der Waals surface area contributed by atoms with Gasteiger partial charge in [-0.25, -0.2) is 0 Å². The van der Waals surface area contributed by atoms with Crippen molar-refractivity contribution in [3.8, 4) is 11.8 Å². The van der Waals surface area contributed by atoms with E-state index in [0.717, 1.165) is 30.4 Å². The molecule has 138 valence electrons. The molecule has 0 amide bonds. The van der Waals surface area contributed by atoms with Crippen LogP contribution >= 0.6 is 0 Å². The van der Waals surface area contributed by atoms with Gasteiger partial charge < -0.3 is 9.84 Å². The second-order valence-electron chi connectivity index (χ2n) is 7.65. The second kappa shape index (κ2) is 9.06. The van der Waals surface area contributed by atoms with Crippen LogP contribution in [0.1, 0.15) is 60.8 Å². The predicted octanol–water partition coefficient (Wildman–Crippen LogP) is 4.58. The zero-order valence-corrected chi connectivity index (χ0v) is 16.5. The summed E-state index contributed by atoms with van der Waals surface area (Å²) in [5.74, 6) is 6.18. The number of carbonyl (C=O) groups is 1. The molecule has 1 saturated carbocycles. The third-order valence-corrected chi connectivity index (χ3v) is 5.03. The third-order valence-electron chi connectivity index (χ3n) is 5.03. The summed E-state index contributed by atoms with van der Waals surface area (Å²) in [6, 6.07) is 0. The minimum absolute atomic E-state index is 0.179. The van der Waals surface area contributed by atoms with Crippen molar-refractivity contribution >= 4 is 5.97 Å². The number of hydrogen-bond acceptors (Lipinski definition) is 3. The number of ether oxygens (including phenoxy) is 1. The Hall–Kier alpha value is -1.79. The van der Waals surface area contributed by atoms with Gasteiger partial charge in [0, 0.05) is 12.3 Å². The molecule has 0 spiro atoms. The first-order chi connectivity index (χ1) is 11.6. The maximum Gasteiger partial charge on any atom is 0.302 e. The quantitative estimate of drug-likeness (QED) is 0.461. The van der Waals surface area contributed by atoms with Crippen LogP contribution in [-0.4, -0.2) is 23.3 Å². The summed E-state index contributed by atoms with van der Waals surface area (Å²) in [6.07, 6.45) is 10.8. The predicted molar refractivity (Wildman–Crippen MR) is 103 cm³/mol. The lowest BCUT2D eigenvalue weighted by molar-refractivity contribution is -0.139. The van der Waals surface area contributed by atoms with Crippen LogP contribution in [0.2, 0.25) is 0 Å². The van der Waals surface area contributed by atoms with Crippen LogP contribution in [0.3, 0.4) is 0 Å². The molecule has 0 aromatic heterocycles. The molecular formula is C22H32O3. The van der Waals surface area contributed by atoms with E-state index in [1.54, 1.807) is 0 Å². The maximum atomic E-state index is 11.1. The van der Waals surface area contributed by atoms with Crippen LogP contribution in [0.15, 0.2) is 35.5 Å². The number of carbonyl (C=O) groups excluding carboxylic acids is 1. The SMILES string of the molecule is CC(=O)OCC=C(C)C=CC=C(C)C#C[C@]1(O)[C@@H](C)CCCC1(C)C. The zero-order chi connectivity index (χ0) is 19.1. The van der Waals surface area contributed by atoms with E-state index in [-0.39, 0.29) is 23.9 Å². The van der Waals surface area contributed by atoms with E-state index < -0.39 is 5.60 Å². The van der Waals surface area contributed by atoms with Crippen LogP contribution in [0.25, 0.3) is 0 Å². The van der Waals surface area contributed by atoms with Crippen molar-refractivity contribution in [2.24, 2.45) is 11.3 Å². The Kier molecular flexibility index (Phi) is 7.70. The molecule has 1 aliphatic rings. The molecule has 25 heavy (non-hydrogen) atoms. The van der Waals surface area contributed by atoms with Crippen LogP contribution in [0, 0.1) is 23.2 Å². The number of rotatable bonds is 4. The van der Waals surface area contributed by atoms with E-state index in [4.69, 9.17) is 4.74 Å². The highest BCUT2D eigenvalue weighted by atomic mass is 16.5. The molecule has 1 aliphatic carbocycles. The van der Waals surface area contributed by atoms with E-state index in [9.17, 15) is 9.90 Å². The smallest absolute Gasteiger partial charge is 0.302 e. The summed E-state index contributed by atoms with van der Waals surface area (Å²) in [5, 5.41) is 11.1. The molecule has 0 heterocycles. The van der Waals surface area contributed by atoms with Gasteiger partial charge in [0.1, 0.15) is 12.2 Å². The molecule has 3 heteroatoms. The standard InChI is InChI=1S/C22H32O3/c1-17(9-7-10-18(2)13-16-25-20(4)23)12-15-22(24)19(3)11-8-14-21(22,5)6/h7,9-10,13,19,24H,8,11,14,16H2,1-6H3/t19-,22-/m0/s1. The monoisotopic (exact) mass is 344 g/mol. The molecule has 0 radical (unpaired) electrons. The Morgan fingerprint density at radius 2 is 2.00 bits per heavy atom. The molecular weight excluding hydrogens is 312 g/mol. The molecule has 1 fully saturated rings. The molecule has 1 rings (SSSR count). The molecule has 0 unspecified atom stereocenters. The number of aliphatic hydroxyl groups is 1. The fraction of sp³-hybridized carbons (Fsp3) is 0.591. The molecule has 1 N–H and O–H groups in total. The fourth-order valence-corrected chi connectivity index (χ4v) is 3.15. The Bertz CT molecular complexity index is 625. The van der Waals surface area contributed by atoms with Crippen molar-refractivity contribution in [3.05, 3.63) is 35.5 Å². The summed E-state index contributed by atoms with van der Waals surface area (Å²) in [5.41, 5.74) is 0.790. The van der Waals surface area contributed by atoms with Crippen molar-refractivity contribution in [3.63, 3.8) is 0 Å². The largest absolute Gasteiger partial charge is 0.462 e. The van der Waals surface area contributed by atoms with E-state index in [1.807, 2.05) is 38.2 Å². The van der Waals surface area contributed by atoms with Crippen LogP contribution in [0.5, 0.6) is 0 Å². The number of esters is 1. The van der Waals surface area contributed by atoms with Gasteiger partial charge in [0.2, 0.25) is 0 Å². The van der Waals surface area contributed by atoms with Crippen LogP contribution in [0.4, 0.5) is 0 Å². The van der Waals surface area contributed by atoms with Gasteiger partial charge in [-0.1, -0.05) is 62.8 Å². The summed E-state index contributed by atoms with van der Waals surface area (Å²) < 4.78 is 4.87. The van der Waals surface area contributed by atoms with Gasteiger partial charge in [0.25, 0.3) is 0 Å². The highest BCUT2D eigenvalue weighted by Gasteiger charge is 2.48. The summed E-state index contributed by atoms with van der Waals surface area (Å²) in [4.78, 5) is 10.7. The average Bonchev–Trinajstić information content (AvgIpc) is 2.50. The Labute approximate surface area is 152 Å². The van der Waals surface area contributed by atoms with Crippen molar-refractivity contribution in [2.45, 2.75) is 66.4 Å². The number of allylic oxidation sites excluding steroid dienone is 5. The van der Waals surface area contributed by atoms with Gasteiger partial charge in [0.15, 0.2) is 0 Å². The molecule has 0 saturated heterocycles. The molecule has 2 atom stereocenters. The highest BCUT2D eigenvalue weighted by Crippen LogP contribution is 2.46. The first-order valence-electron chi connectivity index (χ1n) is 8.99.